The molecule has 1 aliphatic heterocycles. The van der Waals surface area contributed by atoms with E-state index < -0.39 is 10.0 Å². The molecule has 1 aliphatic carbocycles. The van der Waals surface area contributed by atoms with Gasteiger partial charge in [0.15, 0.2) is 0 Å². The normalized spacial score (nSPS) is 17.3. The zero-order valence-corrected chi connectivity index (χ0v) is 21.6. The quantitative estimate of drug-likeness (QED) is 0.523. The molecule has 0 spiro atoms. The Morgan fingerprint density at radius 2 is 1.74 bits per heavy atom. The summed E-state index contributed by atoms with van der Waals surface area (Å²) in [4.78, 5) is 23.0. The molecule has 0 amide bonds. The summed E-state index contributed by atoms with van der Waals surface area (Å²) < 4.78 is 28.0. The lowest BCUT2D eigenvalue weighted by Crippen LogP contribution is -2.48. The monoisotopic (exact) mass is 495 g/mol. The third-order valence-corrected chi connectivity index (χ3v) is 8.32. The van der Waals surface area contributed by atoms with Gasteiger partial charge < -0.3 is 4.90 Å². The summed E-state index contributed by atoms with van der Waals surface area (Å²) >= 11 is 0. The summed E-state index contributed by atoms with van der Waals surface area (Å²) in [7, 11) is -3.42. The second-order valence-corrected chi connectivity index (χ2v) is 11.9. The number of aryl methyl sites for hydroxylation is 1. The van der Waals surface area contributed by atoms with Crippen molar-refractivity contribution in [1.29, 1.82) is 0 Å². The van der Waals surface area contributed by atoms with Crippen molar-refractivity contribution < 1.29 is 8.42 Å². The smallest absolute Gasteiger partial charge is 0.265 e. The van der Waals surface area contributed by atoms with Gasteiger partial charge in [-0.15, -0.1) is 0 Å². The molecular formula is C26H33N5O3S. The first kappa shape index (κ1) is 23.8. The van der Waals surface area contributed by atoms with Crippen molar-refractivity contribution in [3.05, 3.63) is 58.6 Å². The molecule has 8 nitrogen and oxygen atoms in total. The number of fused-ring (bicyclic) bond motifs is 1. The molecular weight excluding hydrogens is 462 g/mol. The highest BCUT2D eigenvalue weighted by atomic mass is 32.2. The van der Waals surface area contributed by atoms with Crippen LogP contribution in [-0.2, 0) is 10.0 Å². The number of rotatable bonds is 6. The van der Waals surface area contributed by atoms with Crippen LogP contribution < -0.4 is 14.8 Å². The summed E-state index contributed by atoms with van der Waals surface area (Å²) in [5.41, 5.74) is 3.63. The van der Waals surface area contributed by atoms with Gasteiger partial charge in [0.1, 0.15) is 6.33 Å². The van der Waals surface area contributed by atoms with E-state index in [9.17, 15) is 13.2 Å². The number of hydrogen-bond acceptors (Lipinski definition) is 6. The second-order valence-electron chi connectivity index (χ2n) is 10.00. The summed E-state index contributed by atoms with van der Waals surface area (Å²) in [6.45, 7) is 10.2. The van der Waals surface area contributed by atoms with Crippen molar-refractivity contribution in [3.63, 3.8) is 0 Å². The van der Waals surface area contributed by atoms with E-state index in [2.05, 4.69) is 28.6 Å². The molecule has 2 aliphatic rings. The fourth-order valence-electron chi connectivity index (χ4n) is 4.95. The van der Waals surface area contributed by atoms with E-state index in [1.807, 2.05) is 37.3 Å². The van der Waals surface area contributed by atoms with Gasteiger partial charge in [0.05, 0.1) is 28.5 Å². The highest BCUT2D eigenvalue weighted by Gasteiger charge is 2.35. The summed E-state index contributed by atoms with van der Waals surface area (Å²) in [5.74, 6) is 0. The maximum atomic E-state index is 13.6. The maximum absolute atomic E-state index is 13.6. The van der Waals surface area contributed by atoms with Crippen LogP contribution in [0, 0.1) is 6.92 Å². The summed E-state index contributed by atoms with van der Waals surface area (Å²) in [6.07, 6.45) is 4.47. The molecule has 9 heteroatoms. The predicted molar refractivity (Wildman–Crippen MR) is 141 cm³/mol. The Balaban J connectivity index is 1.53. The van der Waals surface area contributed by atoms with Crippen molar-refractivity contribution in [1.82, 2.24) is 14.5 Å². The van der Waals surface area contributed by atoms with Gasteiger partial charge in [-0.25, -0.2) is 13.4 Å². The second kappa shape index (κ2) is 8.95. The highest BCUT2D eigenvalue weighted by molar-refractivity contribution is 7.92. The lowest BCUT2D eigenvalue weighted by atomic mass is 10.1. The summed E-state index contributed by atoms with van der Waals surface area (Å²) in [6, 6.07) is 11.9. The average molecular weight is 496 g/mol. The zero-order chi connectivity index (χ0) is 24.9. The molecule has 0 radical (unpaired) electrons. The zero-order valence-electron chi connectivity index (χ0n) is 20.8. The minimum atomic E-state index is -3.42. The molecule has 0 N–H and O–H groups in total. The average Bonchev–Trinajstić information content (AvgIpc) is 3.65. The van der Waals surface area contributed by atoms with Crippen molar-refractivity contribution >= 4 is 32.3 Å². The number of sulfonamides is 1. The molecule has 186 valence electrons. The molecule has 2 aromatic carbocycles. The standard InChI is InChI=1S/C26H33N5O3S/c1-18(2)28-11-13-29(14-12-28)21-9-10-24-23(15-21)26(32)30(17-27-24)25-16-22(6-5-19(25)3)31(20-7-8-20)35(4,33)34/h5-6,9-10,15-18,20H,7-8,11-14H2,1-4H3. The number of anilines is 2. The van der Waals surface area contributed by atoms with Crippen LogP contribution in [0.4, 0.5) is 11.4 Å². The maximum Gasteiger partial charge on any atom is 0.265 e. The first-order valence-corrected chi connectivity index (χ1v) is 14.1. The first-order valence-electron chi connectivity index (χ1n) is 12.2. The van der Waals surface area contributed by atoms with Gasteiger partial charge in [-0.3, -0.25) is 18.6 Å². The Labute approximate surface area is 206 Å². The molecule has 0 atom stereocenters. The van der Waals surface area contributed by atoms with Gasteiger partial charge in [-0.1, -0.05) is 6.07 Å². The molecule has 3 aromatic rings. The lowest BCUT2D eigenvalue weighted by molar-refractivity contribution is 0.209. The Morgan fingerprint density at radius 3 is 2.37 bits per heavy atom. The van der Waals surface area contributed by atoms with Crippen molar-refractivity contribution in [3.8, 4) is 5.69 Å². The Morgan fingerprint density at radius 1 is 1.03 bits per heavy atom. The SMILES string of the molecule is Cc1ccc(N(C2CC2)S(C)(=O)=O)cc1-n1cnc2ccc(N3CCN(C(C)C)CC3)cc2c1=O. The summed E-state index contributed by atoms with van der Waals surface area (Å²) in [5, 5.41) is 0.559. The Bertz CT molecular complexity index is 1420. The van der Waals surface area contributed by atoms with E-state index in [-0.39, 0.29) is 11.6 Å². The van der Waals surface area contributed by atoms with E-state index in [1.165, 1.54) is 15.1 Å². The van der Waals surface area contributed by atoms with Crippen LogP contribution in [0.2, 0.25) is 0 Å². The van der Waals surface area contributed by atoms with E-state index in [1.54, 1.807) is 12.4 Å². The molecule has 0 bridgehead atoms. The van der Waals surface area contributed by atoms with Gasteiger partial charge in [-0.2, -0.15) is 0 Å². The largest absolute Gasteiger partial charge is 0.369 e. The third-order valence-electron chi connectivity index (χ3n) is 7.09. The number of piperazine rings is 1. The minimum absolute atomic E-state index is 0.00859. The molecule has 2 heterocycles. The fourth-order valence-corrected chi connectivity index (χ4v) is 6.20. The van der Waals surface area contributed by atoms with Gasteiger partial charge in [-0.05, 0) is 69.5 Å². The van der Waals surface area contributed by atoms with E-state index in [4.69, 9.17) is 0 Å². The van der Waals surface area contributed by atoms with Crippen LogP contribution >= 0.6 is 0 Å². The molecule has 5 rings (SSSR count). The molecule has 1 saturated heterocycles. The lowest BCUT2D eigenvalue weighted by Gasteiger charge is -2.38. The van der Waals surface area contributed by atoms with Crippen LogP contribution in [0.25, 0.3) is 16.6 Å². The Kier molecular flexibility index (Phi) is 6.09. The van der Waals surface area contributed by atoms with E-state index in [0.717, 1.165) is 50.3 Å². The highest BCUT2D eigenvalue weighted by Crippen LogP contribution is 2.35. The minimum Gasteiger partial charge on any atom is -0.369 e. The van der Waals surface area contributed by atoms with E-state index in [0.29, 0.717) is 28.3 Å². The van der Waals surface area contributed by atoms with Gasteiger partial charge in [0, 0.05) is 44.0 Å². The van der Waals surface area contributed by atoms with Crippen LogP contribution in [0.5, 0.6) is 0 Å². The molecule has 35 heavy (non-hydrogen) atoms. The van der Waals surface area contributed by atoms with Gasteiger partial charge in [0.25, 0.3) is 5.56 Å². The molecule has 0 unspecified atom stereocenters. The number of benzene rings is 2. The van der Waals surface area contributed by atoms with E-state index >= 15 is 0 Å². The van der Waals surface area contributed by atoms with Crippen molar-refractivity contribution in [2.24, 2.45) is 0 Å². The predicted octanol–water partition coefficient (Wildman–Crippen LogP) is 3.15. The van der Waals surface area contributed by atoms with Gasteiger partial charge >= 0.3 is 0 Å². The van der Waals surface area contributed by atoms with Crippen LogP contribution in [0.15, 0.2) is 47.5 Å². The number of nitrogens with zero attached hydrogens (tertiary/aromatic N) is 5. The van der Waals surface area contributed by atoms with Crippen LogP contribution in [0.1, 0.15) is 32.3 Å². The van der Waals surface area contributed by atoms with Crippen LogP contribution in [0.3, 0.4) is 0 Å². The number of aromatic nitrogens is 2. The fraction of sp³-hybridized carbons (Fsp3) is 0.462. The molecule has 1 saturated carbocycles. The van der Waals surface area contributed by atoms with Crippen molar-refractivity contribution in [2.75, 3.05) is 41.6 Å². The molecule has 1 aromatic heterocycles. The Hall–Kier alpha value is -2.91. The van der Waals surface area contributed by atoms with Crippen molar-refractivity contribution in [2.45, 2.75) is 45.7 Å². The third kappa shape index (κ3) is 4.67. The van der Waals surface area contributed by atoms with Crippen LogP contribution in [-0.4, -0.2) is 67.4 Å². The topological polar surface area (TPSA) is 78.8 Å². The molecule has 2 fully saturated rings. The number of hydrogen-bond donors (Lipinski definition) is 0. The first-order chi connectivity index (χ1) is 16.6. The van der Waals surface area contributed by atoms with Gasteiger partial charge in [0.2, 0.25) is 10.0 Å².